The molecule has 2 rings (SSSR count). The minimum atomic E-state index is 0.640. The summed E-state index contributed by atoms with van der Waals surface area (Å²) in [4.78, 5) is 4.68. The van der Waals surface area contributed by atoms with E-state index in [1.807, 2.05) is 0 Å². The SMILES string of the molecule is CN1CCN(C(=S)NC2CCCCC2)CC1. The van der Waals surface area contributed by atoms with Crippen molar-refractivity contribution in [1.29, 1.82) is 0 Å². The van der Waals surface area contributed by atoms with Crippen LogP contribution in [0.25, 0.3) is 0 Å². The third-order valence-corrected chi connectivity index (χ3v) is 4.10. The average Bonchev–Trinajstić information content (AvgIpc) is 2.31. The van der Waals surface area contributed by atoms with Gasteiger partial charge in [0.1, 0.15) is 0 Å². The van der Waals surface area contributed by atoms with Crippen molar-refractivity contribution in [3.05, 3.63) is 0 Å². The third-order valence-electron chi connectivity index (χ3n) is 3.72. The Morgan fingerprint density at radius 1 is 1.06 bits per heavy atom. The Labute approximate surface area is 104 Å². The minimum absolute atomic E-state index is 0.640. The van der Waals surface area contributed by atoms with Crippen LogP contribution in [-0.4, -0.2) is 54.2 Å². The smallest absolute Gasteiger partial charge is 0.169 e. The number of hydrogen-bond donors (Lipinski definition) is 1. The minimum Gasteiger partial charge on any atom is -0.360 e. The van der Waals surface area contributed by atoms with Gasteiger partial charge in [0, 0.05) is 32.2 Å². The zero-order valence-corrected chi connectivity index (χ0v) is 11.1. The Kier molecular flexibility index (Phi) is 4.41. The fourth-order valence-electron chi connectivity index (χ4n) is 2.52. The van der Waals surface area contributed by atoms with Gasteiger partial charge in [-0.2, -0.15) is 0 Å². The van der Waals surface area contributed by atoms with Crippen molar-refractivity contribution in [3.8, 4) is 0 Å². The van der Waals surface area contributed by atoms with E-state index in [4.69, 9.17) is 12.2 Å². The topological polar surface area (TPSA) is 18.5 Å². The Morgan fingerprint density at radius 2 is 1.69 bits per heavy atom. The number of likely N-dealkylation sites (N-methyl/N-ethyl adjacent to an activating group) is 1. The molecule has 0 aromatic carbocycles. The third kappa shape index (κ3) is 3.32. The highest BCUT2D eigenvalue weighted by Crippen LogP contribution is 2.17. The van der Waals surface area contributed by atoms with Gasteiger partial charge in [-0.1, -0.05) is 19.3 Å². The van der Waals surface area contributed by atoms with E-state index in [9.17, 15) is 0 Å². The predicted molar refractivity (Wildman–Crippen MR) is 71.7 cm³/mol. The number of rotatable bonds is 1. The standard InChI is InChI=1S/C12H23N3S/c1-14-7-9-15(10-8-14)12(16)13-11-5-3-2-4-6-11/h11H,2-10H2,1H3,(H,13,16). The van der Waals surface area contributed by atoms with Gasteiger partial charge in [0.2, 0.25) is 0 Å². The van der Waals surface area contributed by atoms with E-state index in [0.717, 1.165) is 31.3 Å². The van der Waals surface area contributed by atoms with E-state index in [1.165, 1.54) is 32.1 Å². The molecule has 3 nitrogen and oxygen atoms in total. The summed E-state index contributed by atoms with van der Waals surface area (Å²) in [5, 5.41) is 4.53. The molecule has 0 amide bonds. The Hall–Kier alpha value is -0.350. The van der Waals surface area contributed by atoms with Crippen LogP contribution in [0.5, 0.6) is 0 Å². The van der Waals surface area contributed by atoms with Gasteiger partial charge in [0.05, 0.1) is 0 Å². The summed E-state index contributed by atoms with van der Waals surface area (Å²) < 4.78 is 0. The normalized spacial score (nSPS) is 24.4. The van der Waals surface area contributed by atoms with E-state index < -0.39 is 0 Å². The van der Waals surface area contributed by atoms with Gasteiger partial charge in [-0.15, -0.1) is 0 Å². The van der Waals surface area contributed by atoms with Gasteiger partial charge >= 0.3 is 0 Å². The molecular formula is C12H23N3S. The summed E-state index contributed by atoms with van der Waals surface area (Å²) in [7, 11) is 2.18. The first-order chi connectivity index (χ1) is 7.75. The van der Waals surface area contributed by atoms with E-state index in [0.29, 0.717) is 6.04 Å². The van der Waals surface area contributed by atoms with Crippen LogP contribution in [-0.2, 0) is 0 Å². The van der Waals surface area contributed by atoms with Crippen LogP contribution in [0, 0.1) is 0 Å². The second kappa shape index (κ2) is 5.82. The fraction of sp³-hybridized carbons (Fsp3) is 0.917. The van der Waals surface area contributed by atoms with Crippen molar-refractivity contribution in [2.75, 3.05) is 33.2 Å². The number of hydrogen-bond acceptors (Lipinski definition) is 2. The van der Waals surface area contributed by atoms with Gasteiger partial charge in [-0.25, -0.2) is 0 Å². The van der Waals surface area contributed by atoms with Crippen molar-refractivity contribution >= 4 is 17.3 Å². The zero-order chi connectivity index (χ0) is 11.4. The van der Waals surface area contributed by atoms with Crippen LogP contribution < -0.4 is 5.32 Å². The van der Waals surface area contributed by atoms with Crippen LogP contribution in [0.2, 0.25) is 0 Å². The summed E-state index contributed by atoms with van der Waals surface area (Å²) in [5.41, 5.74) is 0. The van der Waals surface area contributed by atoms with Crippen molar-refractivity contribution < 1.29 is 0 Å². The molecule has 16 heavy (non-hydrogen) atoms. The van der Waals surface area contributed by atoms with Crippen LogP contribution in [0.3, 0.4) is 0 Å². The van der Waals surface area contributed by atoms with E-state index in [-0.39, 0.29) is 0 Å². The molecule has 1 aliphatic carbocycles. The van der Waals surface area contributed by atoms with Gasteiger partial charge in [-0.3, -0.25) is 0 Å². The van der Waals surface area contributed by atoms with Crippen molar-refractivity contribution in [2.24, 2.45) is 0 Å². The van der Waals surface area contributed by atoms with E-state index >= 15 is 0 Å². The molecule has 92 valence electrons. The predicted octanol–water partition coefficient (Wildman–Crippen LogP) is 1.44. The van der Waals surface area contributed by atoms with Crippen LogP contribution in [0.15, 0.2) is 0 Å². The Morgan fingerprint density at radius 3 is 2.31 bits per heavy atom. The molecule has 0 bridgehead atoms. The molecule has 0 atom stereocenters. The zero-order valence-electron chi connectivity index (χ0n) is 10.2. The van der Waals surface area contributed by atoms with E-state index in [1.54, 1.807) is 0 Å². The molecule has 2 aliphatic rings. The largest absolute Gasteiger partial charge is 0.360 e. The molecule has 1 saturated heterocycles. The molecule has 0 unspecified atom stereocenters. The molecule has 0 aromatic rings. The second-order valence-corrected chi connectivity index (χ2v) is 5.46. The molecule has 1 aliphatic heterocycles. The van der Waals surface area contributed by atoms with E-state index in [2.05, 4.69) is 22.2 Å². The van der Waals surface area contributed by atoms with Crippen molar-refractivity contribution in [1.82, 2.24) is 15.1 Å². The lowest BCUT2D eigenvalue weighted by Gasteiger charge is -2.36. The summed E-state index contributed by atoms with van der Waals surface area (Å²) >= 11 is 5.49. The lowest BCUT2D eigenvalue weighted by molar-refractivity contribution is 0.212. The average molecular weight is 241 g/mol. The monoisotopic (exact) mass is 241 g/mol. The molecule has 2 fully saturated rings. The first-order valence-electron chi connectivity index (χ1n) is 6.50. The number of piperazine rings is 1. The fourth-order valence-corrected chi connectivity index (χ4v) is 2.87. The molecule has 0 spiro atoms. The summed E-state index contributed by atoms with van der Waals surface area (Å²) in [5.74, 6) is 0. The van der Waals surface area contributed by atoms with Crippen LogP contribution >= 0.6 is 12.2 Å². The maximum atomic E-state index is 5.49. The molecule has 1 N–H and O–H groups in total. The molecule has 1 heterocycles. The first kappa shape index (κ1) is 12.1. The highest BCUT2D eigenvalue weighted by molar-refractivity contribution is 7.80. The second-order valence-electron chi connectivity index (χ2n) is 5.07. The molecular weight excluding hydrogens is 218 g/mol. The maximum Gasteiger partial charge on any atom is 0.169 e. The van der Waals surface area contributed by atoms with Crippen molar-refractivity contribution in [3.63, 3.8) is 0 Å². The highest BCUT2D eigenvalue weighted by Gasteiger charge is 2.19. The maximum absolute atomic E-state index is 5.49. The lowest BCUT2D eigenvalue weighted by atomic mass is 9.96. The highest BCUT2D eigenvalue weighted by atomic mass is 32.1. The van der Waals surface area contributed by atoms with Gasteiger partial charge in [0.25, 0.3) is 0 Å². The van der Waals surface area contributed by atoms with Gasteiger partial charge < -0.3 is 15.1 Å². The van der Waals surface area contributed by atoms with Gasteiger partial charge in [0.15, 0.2) is 5.11 Å². The van der Waals surface area contributed by atoms with Gasteiger partial charge in [-0.05, 0) is 32.1 Å². The Bertz CT molecular complexity index is 230. The molecule has 0 radical (unpaired) electrons. The Balaban J connectivity index is 1.74. The number of nitrogens with one attached hydrogen (secondary N) is 1. The molecule has 0 aromatic heterocycles. The summed E-state index contributed by atoms with van der Waals surface area (Å²) in [6.07, 6.45) is 6.73. The number of thiocarbonyl (C=S) groups is 1. The molecule has 1 saturated carbocycles. The number of nitrogens with zero attached hydrogens (tertiary/aromatic N) is 2. The quantitative estimate of drug-likeness (QED) is 0.700. The van der Waals surface area contributed by atoms with Crippen LogP contribution in [0.1, 0.15) is 32.1 Å². The first-order valence-corrected chi connectivity index (χ1v) is 6.90. The van der Waals surface area contributed by atoms with Crippen molar-refractivity contribution in [2.45, 2.75) is 38.1 Å². The summed E-state index contributed by atoms with van der Waals surface area (Å²) in [6.45, 7) is 4.42. The van der Waals surface area contributed by atoms with Crippen LogP contribution in [0.4, 0.5) is 0 Å². The lowest BCUT2D eigenvalue weighted by Crippen LogP contribution is -2.52. The summed E-state index contributed by atoms with van der Waals surface area (Å²) in [6, 6.07) is 0.640. The molecule has 4 heteroatoms.